The molecule has 1 aliphatic carbocycles. The maximum absolute atomic E-state index is 11.4. The lowest BCUT2D eigenvalue weighted by atomic mass is 9.96. The molecular weight excluding hydrogens is 252 g/mol. The standard InChI is InChI=1S/C12H16N2O3S/c1-17-11(16)9-7-10(15)14-12(18-9)13-8-5-3-2-4-6-8/h7-8H,2-6H2,1H3,(H,13,14,15). The lowest BCUT2D eigenvalue weighted by molar-refractivity contribution is 0.0606. The van der Waals surface area contributed by atoms with Gasteiger partial charge in [0.25, 0.3) is 5.56 Å². The van der Waals surface area contributed by atoms with Crippen LogP contribution in [0.2, 0.25) is 0 Å². The molecule has 0 atom stereocenters. The van der Waals surface area contributed by atoms with Gasteiger partial charge < -0.3 is 10.1 Å². The zero-order valence-electron chi connectivity index (χ0n) is 10.3. The molecule has 0 amide bonds. The highest BCUT2D eigenvalue weighted by atomic mass is 32.1. The largest absolute Gasteiger partial charge is 0.465 e. The molecule has 0 aromatic carbocycles. The van der Waals surface area contributed by atoms with Crippen LogP contribution in [0.4, 0.5) is 5.13 Å². The van der Waals surface area contributed by atoms with E-state index in [2.05, 4.69) is 15.0 Å². The Bertz CT molecular complexity index is 480. The van der Waals surface area contributed by atoms with Crippen molar-refractivity contribution in [3.05, 3.63) is 21.3 Å². The van der Waals surface area contributed by atoms with E-state index in [4.69, 9.17) is 0 Å². The fraction of sp³-hybridized carbons (Fsp3) is 0.583. The first-order valence-electron chi connectivity index (χ1n) is 6.06. The molecule has 5 nitrogen and oxygen atoms in total. The molecule has 2 rings (SSSR count). The molecule has 1 heterocycles. The van der Waals surface area contributed by atoms with Crippen molar-refractivity contribution in [2.24, 2.45) is 0 Å². The van der Waals surface area contributed by atoms with E-state index in [1.807, 2.05) is 0 Å². The van der Waals surface area contributed by atoms with Crippen LogP contribution >= 0.6 is 11.3 Å². The normalized spacial score (nSPS) is 16.3. The third-order valence-electron chi connectivity index (χ3n) is 2.99. The van der Waals surface area contributed by atoms with E-state index in [0.717, 1.165) is 12.8 Å². The number of carbonyl (C=O) groups excluding carboxylic acids is 1. The summed E-state index contributed by atoms with van der Waals surface area (Å²) in [6.07, 6.45) is 5.84. The minimum Gasteiger partial charge on any atom is -0.465 e. The summed E-state index contributed by atoms with van der Waals surface area (Å²) >= 11 is 1.17. The lowest BCUT2D eigenvalue weighted by Gasteiger charge is -2.22. The van der Waals surface area contributed by atoms with E-state index in [1.165, 1.54) is 43.8 Å². The van der Waals surface area contributed by atoms with Gasteiger partial charge in [-0.2, -0.15) is 4.98 Å². The van der Waals surface area contributed by atoms with Crippen LogP contribution in [0.15, 0.2) is 10.9 Å². The van der Waals surface area contributed by atoms with Crippen molar-refractivity contribution in [3.8, 4) is 0 Å². The Morgan fingerprint density at radius 1 is 1.44 bits per heavy atom. The fourth-order valence-corrected chi connectivity index (χ4v) is 2.98. The van der Waals surface area contributed by atoms with Gasteiger partial charge in [-0.25, -0.2) is 4.79 Å². The SMILES string of the molecule is COC(=O)c1cc(=O)nc(NC2CCCCC2)s1. The quantitative estimate of drug-likeness (QED) is 0.850. The molecule has 0 unspecified atom stereocenters. The summed E-state index contributed by atoms with van der Waals surface area (Å²) in [6, 6.07) is 1.57. The van der Waals surface area contributed by atoms with E-state index in [9.17, 15) is 9.59 Å². The fourth-order valence-electron chi connectivity index (χ4n) is 2.09. The zero-order valence-corrected chi connectivity index (χ0v) is 11.1. The van der Waals surface area contributed by atoms with Crippen LogP contribution < -0.4 is 10.9 Å². The summed E-state index contributed by atoms with van der Waals surface area (Å²) in [4.78, 5) is 27.0. The van der Waals surface area contributed by atoms with Crippen LogP contribution in [0.5, 0.6) is 0 Å². The minimum absolute atomic E-state index is 0.288. The Kier molecular flexibility index (Phi) is 4.30. The first-order valence-corrected chi connectivity index (χ1v) is 6.88. The summed E-state index contributed by atoms with van der Waals surface area (Å²) < 4.78 is 4.61. The monoisotopic (exact) mass is 268 g/mol. The van der Waals surface area contributed by atoms with Crippen LogP contribution in [0, 0.1) is 0 Å². The molecule has 0 saturated heterocycles. The summed E-state index contributed by atoms with van der Waals surface area (Å²) in [5.74, 6) is -0.494. The van der Waals surface area contributed by atoms with Gasteiger partial charge in [0, 0.05) is 12.1 Å². The number of ether oxygens (including phenoxy) is 1. The van der Waals surface area contributed by atoms with Gasteiger partial charge in [0.1, 0.15) is 4.88 Å². The van der Waals surface area contributed by atoms with Crippen molar-refractivity contribution in [2.75, 3.05) is 12.4 Å². The van der Waals surface area contributed by atoms with Gasteiger partial charge in [0.15, 0.2) is 5.13 Å². The van der Waals surface area contributed by atoms with Crippen molar-refractivity contribution in [1.29, 1.82) is 0 Å². The zero-order chi connectivity index (χ0) is 13.0. The molecule has 1 aliphatic rings. The maximum atomic E-state index is 11.4. The van der Waals surface area contributed by atoms with Crippen molar-refractivity contribution in [3.63, 3.8) is 0 Å². The predicted molar refractivity (Wildman–Crippen MR) is 70.2 cm³/mol. The molecular formula is C12H16N2O3S. The molecule has 1 fully saturated rings. The number of hydrogen-bond acceptors (Lipinski definition) is 6. The van der Waals surface area contributed by atoms with E-state index in [0.29, 0.717) is 11.2 Å². The number of nitrogens with zero attached hydrogens (tertiary/aromatic N) is 1. The Morgan fingerprint density at radius 2 is 2.17 bits per heavy atom. The Balaban J connectivity index is 2.14. The van der Waals surface area contributed by atoms with Gasteiger partial charge in [-0.3, -0.25) is 4.79 Å². The van der Waals surface area contributed by atoms with Crippen LogP contribution in [0.3, 0.4) is 0 Å². The summed E-state index contributed by atoms with van der Waals surface area (Å²) in [6.45, 7) is 0. The third kappa shape index (κ3) is 3.29. The molecule has 98 valence electrons. The second kappa shape index (κ2) is 5.95. The Hall–Kier alpha value is -1.43. The average Bonchev–Trinajstić information content (AvgIpc) is 2.38. The molecule has 6 heteroatoms. The smallest absolute Gasteiger partial charge is 0.348 e. The summed E-state index contributed by atoms with van der Waals surface area (Å²) in [5, 5.41) is 3.75. The molecule has 18 heavy (non-hydrogen) atoms. The molecule has 0 bridgehead atoms. The van der Waals surface area contributed by atoms with Crippen LogP contribution in [0.1, 0.15) is 41.8 Å². The maximum Gasteiger partial charge on any atom is 0.348 e. The first-order chi connectivity index (χ1) is 8.69. The number of methoxy groups -OCH3 is 1. The lowest BCUT2D eigenvalue weighted by Crippen LogP contribution is -2.24. The Labute approximate surface area is 109 Å². The number of nitrogens with one attached hydrogen (secondary N) is 1. The molecule has 0 aliphatic heterocycles. The van der Waals surface area contributed by atoms with Gasteiger partial charge in [-0.1, -0.05) is 30.6 Å². The number of anilines is 1. The molecule has 0 spiro atoms. The van der Waals surface area contributed by atoms with Crippen molar-refractivity contribution < 1.29 is 9.53 Å². The molecule has 1 N–H and O–H groups in total. The highest BCUT2D eigenvalue weighted by molar-refractivity contribution is 7.17. The van der Waals surface area contributed by atoms with Gasteiger partial charge in [-0.05, 0) is 12.8 Å². The summed E-state index contributed by atoms with van der Waals surface area (Å²) in [5.41, 5.74) is -0.410. The van der Waals surface area contributed by atoms with E-state index >= 15 is 0 Å². The van der Waals surface area contributed by atoms with Gasteiger partial charge in [0.05, 0.1) is 7.11 Å². The predicted octanol–water partition coefficient (Wildman–Crippen LogP) is 2.03. The second-order valence-corrected chi connectivity index (χ2v) is 5.37. The van der Waals surface area contributed by atoms with E-state index < -0.39 is 11.5 Å². The topological polar surface area (TPSA) is 68.3 Å². The van der Waals surface area contributed by atoms with Crippen LogP contribution in [-0.2, 0) is 4.74 Å². The number of hydrogen-bond donors (Lipinski definition) is 1. The number of aromatic nitrogens is 1. The average molecular weight is 268 g/mol. The highest BCUT2D eigenvalue weighted by Gasteiger charge is 2.16. The minimum atomic E-state index is -0.494. The first kappa shape index (κ1) is 13.0. The van der Waals surface area contributed by atoms with Crippen LogP contribution in [-0.4, -0.2) is 24.1 Å². The number of carbonyl (C=O) groups is 1. The molecule has 1 saturated carbocycles. The third-order valence-corrected chi connectivity index (χ3v) is 3.90. The molecule has 1 aromatic heterocycles. The van der Waals surface area contributed by atoms with Crippen LogP contribution in [0.25, 0.3) is 0 Å². The van der Waals surface area contributed by atoms with Crippen molar-refractivity contribution >= 4 is 22.4 Å². The van der Waals surface area contributed by atoms with E-state index in [-0.39, 0.29) is 4.88 Å². The van der Waals surface area contributed by atoms with Gasteiger partial charge in [-0.15, -0.1) is 0 Å². The number of rotatable bonds is 3. The van der Waals surface area contributed by atoms with E-state index in [1.54, 1.807) is 0 Å². The Morgan fingerprint density at radius 3 is 2.83 bits per heavy atom. The summed E-state index contributed by atoms with van der Waals surface area (Å²) in [7, 11) is 1.30. The number of esters is 1. The highest BCUT2D eigenvalue weighted by Crippen LogP contribution is 2.23. The van der Waals surface area contributed by atoms with Crippen molar-refractivity contribution in [2.45, 2.75) is 38.1 Å². The molecule has 1 aromatic rings. The second-order valence-electron chi connectivity index (χ2n) is 4.34. The van der Waals surface area contributed by atoms with Gasteiger partial charge in [0.2, 0.25) is 0 Å². The molecule has 0 radical (unpaired) electrons. The van der Waals surface area contributed by atoms with Gasteiger partial charge >= 0.3 is 5.97 Å². The van der Waals surface area contributed by atoms with Crippen molar-refractivity contribution in [1.82, 2.24) is 4.98 Å².